The SMILES string of the molecule is COc1cc(/C=C\C(=O)O)cc(S(=O)(=O)Nc2ccc(C(=O)O)c(O)c2)c1OC. The number of hydrogen-bond acceptors (Lipinski definition) is 7. The minimum atomic E-state index is -4.29. The summed E-state index contributed by atoms with van der Waals surface area (Å²) in [4.78, 5) is 21.3. The number of hydrogen-bond donors (Lipinski definition) is 4. The number of ether oxygens (including phenoxy) is 2. The summed E-state index contributed by atoms with van der Waals surface area (Å²) in [5, 5.41) is 27.5. The lowest BCUT2D eigenvalue weighted by molar-refractivity contribution is -0.131. The summed E-state index contributed by atoms with van der Waals surface area (Å²) in [6.07, 6.45) is 2.00. The number of carboxylic acids is 2. The maximum atomic E-state index is 12.9. The molecule has 0 radical (unpaired) electrons. The van der Waals surface area contributed by atoms with Gasteiger partial charge in [-0.25, -0.2) is 18.0 Å². The van der Waals surface area contributed by atoms with Gasteiger partial charge in [-0.2, -0.15) is 0 Å². The van der Waals surface area contributed by atoms with E-state index in [1.54, 1.807) is 0 Å². The van der Waals surface area contributed by atoms with Crippen LogP contribution in [0.4, 0.5) is 5.69 Å². The van der Waals surface area contributed by atoms with Gasteiger partial charge in [0.2, 0.25) is 0 Å². The first-order valence-electron chi connectivity index (χ1n) is 7.85. The summed E-state index contributed by atoms with van der Waals surface area (Å²) in [6, 6.07) is 5.72. The van der Waals surface area contributed by atoms with Gasteiger partial charge in [0.25, 0.3) is 10.0 Å². The van der Waals surface area contributed by atoms with E-state index in [-0.39, 0.29) is 27.6 Å². The maximum absolute atomic E-state index is 12.9. The zero-order chi connectivity index (χ0) is 21.8. The molecule has 4 N–H and O–H groups in total. The molecular weight excluding hydrogens is 406 g/mol. The van der Waals surface area contributed by atoms with Crippen LogP contribution in [0.3, 0.4) is 0 Å². The highest BCUT2D eigenvalue weighted by Gasteiger charge is 2.24. The normalized spacial score (nSPS) is 11.2. The molecule has 2 aromatic carbocycles. The van der Waals surface area contributed by atoms with Crippen molar-refractivity contribution in [2.24, 2.45) is 0 Å². The van der Waals surface area contributed by atoms with Gasteiger partial charge in [-0.3, -0.25) is 4.72 Å². The van der Waals surface area contributed by atoms with Gasteiger partial charge >= 0.3 is 11.9 Å². The lowest BCUT2D eigenvalue weighted by Crippen LogP contribution is -2.15. The lowest BCUT2D eigenvalue weighted by atomic mass is 10.2. The van der Waals surface area contributed by atoms with Crippen LogP contribution in [-0.4, -0.2) is 49.9 Å². The van der Waals surface area contributed by atoms with Crippen LogP contribution in [0.5, 0.6) is 17.2 Å². The number of sulfonamides is 1. The summed E-state index contributed by atoms with van der Waals surface area (Å²) in [6.45, 7) is 0. The van der Waals surface area contributed by atoms with E-state index in [4.69, 9.17) is 19.7 Å². The monoisotopic (exact) mass is 423 g/mol. The van der Waals surface area contributed by atoms with Gasteiger partial charge in [0.1, 0.15) is 16.2 Å². The second-order valence-corrected chi connectivity index (χ2v) is 7.22. The molecule has 0 spiro atoms. The number of anilines is 1. The van der Waals surface area contributed by atoms with E-state index in [2.05, 4.69) is 4.72 Å². The predicted molar refractivity (Wildman–Crippen MR) is 102 cm³/mol. The molecule has 0 atom stereocenters. The number of aromatic carboxylic acids is 1. The Kier molecular flexibility index (Phi) is 6.34. The van der Waals surface area contributed by atoms with Crippen LogP contribution in [0.1, 0.15) is 15.9 Å². The Morgan fingerprint density at radius 2 is 1.76 bits per heavy atom. The zero-order valence-corrected chi connectivity index (χ0v) is 16.1. The van der Waals surface area contributed by atoms with Crippen molar-refractivity contribution in [1.82, 2.24) is 0 Å². The molecule has 0 aliphatic rings. The van der Waals surface area contributed by atoms with Gasteiger partial charge in [-0.15, -0.1) is 0 Å². The van der Waals surface area contributed by atoms with Crippen molar-refractivity contribution in [2.75, 3.05) is 18.9 Å². The number of aliphatic carboxylic acids is 1. The first-order chi connectivity index (χ1) is 13.6. The van der Waals surface area contributed by atoms with Crippen LogP contribution < -0.4 is 14.2 Å². The highest BCUT2D eigenvalue weighted by molar-refractivity contribution is 7.92. The van der Waals surface area contributed by atoms with Crippen LogP contribution in [-0.2, 0) is 14.8 Å². The second-order valence-electron chi connectivity index (χ2n) is 5.57. The lowest BCUT2D eigenvalue weighted by Gasteiger charge is -2.16. The molecule has 2 aromatic rings. The number of aromatic hydroxyl groups is 1. The predicted octanol–water partition coefficient (Wildman–Crippen LogP) is 2.01. The highest BCUT2D eigenvalue weighted by atomic mass is 32.2. The van der Waals surface area contributed by atoms with Gasteiger partial charge in [0.05, 0.1) is 19.9 Å². The van der Waals surface area contributed by atoms with Crippen LogP contribution in [0.25, 0.3) is 6.08 Å². The van der Waals surface area contributed by atoms with Crippen LogP contribution in [0, 0.1) is 0 Å². The number of carboxylic acid groups (broad SMARTS) is 2. The molecule has 11 heteroatoms. The molecule has 0 saturated heterocycles. The van der Waals surface area contributed by atoms with Crippen molar-refractivity contribution in [3.63, 3.8) is 0 Å². The smallest absolute Gasteiger partial charge is 0.339 e. The highest BCUT2D eigenvalue weighted by Crippen LogP contribution is 2.37. The molecule has 0 heterocycles. The third kappa shape index (κ3) is 4.96. The number of rotatable bonds is 8. The summed E-state index contributed by atoms with van der Waals surface area (Å²) >= 11 is 0. The Hall–Kier alpha value is -3.73. The fourth-order valence-corrected chi connectivity index (χ4v) is 3.67. The average Bonchev–Trinajstić information content (AvgIpc) is 2.64. The van der Waals surface area contributed by atoms with E-state index < -0.39 is 33.3 Å². The molecule has 0 aromatic heterocycles. The topological polar surface area (TPSA) is 159 Å². The fourth-order valence-electron chi connectivity index (χ4n) is 2.40. The third-order valence-electron chi connectivity index (χ3n) is 3.66. The van der Waals surface area contributed by atoms with E-state index in [9.17, 15) is 23.1 Å². The molecule has 0 fully saturated rings. The molecule has 10 nitrogen and oxygen atoms in total. The first kappa shape index (κ1) is 21.6. The van der Waals surface area contributed by atoms with Crippen molar-refractivity contribution >= 4 is 33.7 Å². The minimum Gasteiger partial charge on any atom is -0.507 e. The van der Waals surface area contributed by atoms with Crippen molar-refractivity contribution < 1.29 is 42.8 Å². The van der Waals surface area contributed by atoms with Crippen LogP contribution in [0.2, 0.25) is 0 Å². The summed E-state index contributed by atoms with van der Waals surface area (Å²) in [5.74, 6) is -3.30. The Balaban J connectivity index is 2.55. The number of methoxy groups -OCH3 is 2. The van der Waals surface area contributed by atoms with Gasteiger partial charge in [0.15, 0.2) is 11.5 Å². The average molecular weight is 423 g/mol. The van der Waals surface area contributed by atoms with Gasteiger partial charge < -0.3 is 24.8 Å². The van der Waals surface area contributed by atoms with Crippen molar-refractivity contribution in [2.45, 2.75) is 4.90 Å². The van der Waals surface area contributed by atoms with E-state index in [0.29, 0.717) is 0 Å². The second kappa shape index (κ2) is 8.52. The Morgan fingerprint density at radius 1 is 1.07 bits per heavy atom. The number of phenols is 1. The van der Waals surface area contributed by atoms with Crippen LogP contribution in [0.15, 0.2) is 41.3 Å². The van der Waals surface area contributed by atoms with Gasteiger partial charge in [-0.05, 0) is 35.9 Å². The molecule has 154 valence electrons. The largest absolute Gasteiger partial charge is 0.507 e. The van der Waals surface area contributed by atoms with E-state index in [1.165, 1.54) is 38.5 Å². The Labute approximate surface area is 165 Å². The van der Waals surface area contributed by atoms with Gasteiger partial charge in [-0.1, -0.05) is 0 Å². The number of carbonyl (C=O) groups is 2. The standard InChI is InChI=1S/C18H17NO9S/c1-27-14-7-10(3-6-16(21)22)8-15(17(14)28-2)29(25,26)19-11-4-5-12(18(23)24)13(20)9-11/h3-9,19-20H,1-2H3,(H,21,22)(H,23,24)/b6-3-. The summed E-state index contributed by atoms with van der Waals surface area (Å²) in [5.41, 5.74) is -0.275. The maximum Gasteiger partial charge on any atom is 0.339 e. The fraction of sp³-hybridized carbons (Fsp3) is 0.111. The molecule has 2 rings (SSSR count). The number of nitrogens with one attached hydrogen (secondary N) is 1. The Bertz CT molecular complexity index is 1090. The molecule has 0 unspecified atom stereocenters. The molecule has 0 saturated carbocycles. The molecule has 0 aliphatic carbocycles. The van der Waals surface area contributed by atoms with Crippen molar-refractivity contribution in [1.29, 1.82) is 0 Å². The third-order valence-corrected chi connectivity index (χ3v) is 5.04. The van der Waals surface area contributed by atoms with E-state index in [1.807, 2.05) is 0 Å². The van der Waals surface area contributed by atoms with Gasteiger partial charge in [0, 0.05) is 12.1 Å². The molecular formula is C18H17NO9S. The van der Waals surface area contributed by atoms with Crippen molar-refractivity contribution in [3.05, 3.63) is 47.5 Å². The first-order valence-corrected chi connectivity index (χ1v) is 9.33. The molecule has 0 amide bonds. The minimum absolute atomic E-state index is 0.0458. The van der Waals surface area contributed by atoms with Crippen molar-refractivity contribution in [3.8, 4) is 17.2 Å². The summed E-state index contributed by atoms with van der Waals surface area (Å²) in [7, 11) is -1.77. The molecule has 0 aliphatic heterocycles. The van der Waals surface area contributed by atoms with Crippen LogP contribution >= 0.6 is 0 Å². The number of benzene rings is 2. The van der Waals surface area contributed by atoms with E-state index in [0.717, 1.165) is 18.2 Å². The molecule has 29 heavy (non-hydrogen) atoms. The molecule has 0 bridgehead atoms. The quantitative estimate of drug-likeness (QED) is 0.466. The van der Waals surface area contributed by atoms with E-state index >= 15 is 0 Å². The summed E-state index contributed by atoms with van der Waals surface area (Å²) < 4.78 is 38.2. The Morgan fingerprint density at radius 3 is 2.28 bits per heavy atom. The zero-order valence-electron chi connectivity index (χ0n) is 15.2.